The first-order chi connectivity index (χ1) is 8.93. The molecule has 1 rings (SSSR count). The molecule has 1 aromatic carbocycles. The minimum absolute atomic E-state index is 0.109. The molecule has 1 atom stereocenters. The van der Waals surface area contributed by atoms with Gasteiger partial charge in [-0.2, -0.15) is 0 Å². The summed E-state index contributed by atoms with van der Waals surface area (Å²) in [6, 6.07) is 2.87. The van der Waals surface area contributed by atoms with E-state index in [4.69, 9.17) is 39.5 Å². The average Bonchev–Trinajstić information content (AvgIpc) is 2.38. The smallest absolute Gasteiger partial charge is 0.330 e. The van der Waals surface area contributed by atoms with Crippen molar-refractivity contribution < 1.29 is 19.4 Å². The van der Waals surface area contributed by atoms with Gasteiger partial charge in [0, 0.05) is 12.1 Å². The third-order valence-electron chi connectivity index (χ3n) is 1.99. The number of aliphatic hydroxyl groups excluding tert-OH is 1. The van der Waals surface area contributed by atoms with Gasteiger partial charge in [0.15, 0.2) is 0 Å². The van der Waals surface area contributed by atoms with E-state index in [2.05, 4.69) is 11.3 Å². The second kappa shape index (κ2) is 7.60. The molecule has 1 N–H and O–H groups in total. The lowest BCUT2D eigenvalue weighted by molar-refractivity contribution is -0.141. The van der Waals surface area contributed by atoms with Crippen molar-refractivity contribution in [2.75, 3.05) is 13.2 Å². The average molecular weight is 326 g/mol. The van der Waals surface area contributed by atoms with Crippen LogP contribution >= 0.6 is 34.8 Å². The number of hydrogen-bond acceptors (Lipinski definition) is 4. The van der Waals surface area contributed by atoms with Crippen molar-refractivity contribution in [2.24, 2.45) is 0 Å². The fourth-order valence-electron chi connectivity index (χ4n) is 1.09. The highest BCUT2D eigenvalue weighted by Gasteiger charge is 2.11. The molecule has 4 nitrogen and oxygen atoms in total. The lowest BCUT2D eigenvalue weighted by atomic mass is 10.3. The van der Waals surface area contributed by atoms with Crippen molar-refractivity contribution in [1.29, 1.82) is 0 Å². The predicted octanol–water partition coefficient (Wildman–Crippen LogP) is 3.12. The molecule has 0 fully saturated rings. The van der Waals surface area contributed by atoms with Crippen LogP contribution in [-0.4, -0.2) is 30.4 Å². The topological polar surface area (TPSA) is 55.8 Å². The number of aliphatic hydroxyl groups is 1. The Balaban J connectivity index is 2.50. The fourth-order valence-corrected chi connectivity index (χ4v) is 1.68. The molecule has 0 saturated carbocycles. The minimum atomic E-state index is -0.991. The molecule has 7 heteroatoms. The van der Waals surface area contributed by atoms with Crippen LogP contribution in [0.1, 0.15) is 0 Å². The Kier molecular flexibility index (Phi) is 6.45. The van der Waals surface area contributed by atoms with E-state index >= 15 is 0 Å². The zero-order valence-corrected chi connectivity index (χ0v) is 12.0. The van der Waals surface area contributed by atoms with Gasteiger partial charge in [0.1, 0.15) is 25.1 Å². The van der Waals surface area contributed by atoms with Crippen molar-refractivity contribution >= 4 is 40.8 Å². The van der Waals surface area contributed by atoms with E-state index in [9.17, 15) is 9.90 Å². The number of benzene rings is 1. The second-order valence-corrected chi connectivity index (χ2v) is 4.72. The number of ether oxygens (including phenoxy) is 2. The first-order valence-electron chi connectivity index (χ1n) is 5.18. The molecule has 0 aliphatic heterocycles. The Morgan fingerprint density at radius 2 is 1.89 bits per heavy atom. The van der Waals surface area contributed by atoms with Gasteiger partial charge in [-0.05, 0) is 6.07 Å². The second-order valence-electron chi connectivity index (χ2n) is 3.50. The Hall–Kier alpha value is -0.940. The number of carbonyl (C=O) groups is 1. The van der Waals surface area contributed by atoms with Crippen LogP contribution in [0, 0.1) is 0 Å². The highest BCUT2D eigenvalue weighted by atomic mass is 35.5. The molecule has 0 saturated heterocycles. The lowest BCUT2D eigenvalue weighted by Crippen LogP contribution is -2.24. The van der Waals surface area contributed by atoms with Crippen LogP contribution < -0.4 is 4.74 Å². The summed E-state index contributed by atoms with van der Waals surface area (Å²) in [5, 5.41) is 10.4. The summed E-state index contributed by atoms with van der Waals surface area (Å²) in [4.78, 5) is 10.8. The van der Waals surface area contributed by atoms with E-state index in [-0.39, 0.29) is 29.0 Å². The zero-order chi connectivity index (χ0) is 14.4. The van der Waals surface area contributed by atoms with Gasteiger partial charge >= 0.3 is 5.97 Å². The molecule has 0 aliphatic rings. The highest BCUT2D eigenvalue weighted by molar-refractivity contribution is 6.43. The first kappa shape index (κ1) is 16.1. The van der Waals surface area contributed by atoms with Crippen molar-refractivity contribution in [1.82, 2.24) is 0 Å². The third kappa shape index (κ3) is 5.28. The van der Waals surface area contributed by atoms with Crippen LogP contribution in [0.4, 0.5) is 0 Å². The van der Waals surface area contributed by atoms with Crippen molar-refractivity contribution in [3.8, 4) is 5.75 Å². The fraction of sp³-hybridized carbons (Fsp3) is 0.250. The molecule has 1 aromatic rings. The molecular weight excluding hydrogens is 314 g/mol. The summed E-state index contributed by atoms with van der Waals surface area (Å²) < 4.78 is 9.91. The molecule has 0 aromatic heterocycles. The van der Waals surface area contributed by atoms with Gasteiger partial charge in [-0.15, -0.1) is 0 Å². The van der Waals surface area contributed by atoms with E-state index < -0.39 is 12.1 Å². The summed E-state index contributed by atoms with van der Waals surface area (Å²) in [7, 11) is 0. The molecule has 19 heavy (non-hydrogen) atoms. The standard InChI is InChI=1S/C12H11Cl3O4/c1-2-12(17)19-6-7(16)5-18-11-4-9(14)8(13)3-10(11)15/h2-4,7,16H,1,5-6H2. The summed E-state index contributed by atoms with van der Waals surface area (Å²) in [5.41, 5.74) is 0. The Labute approximate surface area is 125 Å². The van der Waals surface area contributed by atoms with Crippen molar-refractivity contribution in [2.45, 2.75) is 6.10 Å². The summed E-state index contributed by atoms with van der Waals surface area (Å²) in [6.45, 7) is 2.92. The van der Waals surface area contributed by atoms with Gasteiger partial charge < -0.3 is 14.6 Å². The van der Waals surface area contributed by atoms with Crippen LogP contribution in [0.5, 0.6) is 5.75 Å². The normalized spacial score (nSPS) is 11.8. The molecule has 0 aliphatic carbocycles. The maximum absolute atomic E-state index is 10.8. The summed E-state index contributed by atoms with van der Waals surface area (Å²) in [6.07, 6.45) is 0.0121. The van der Waals surface area contributed by atoms with E-state index in [0.717, 1.165) is 6.08 Å². The Morgan fingerprint density at radius 3 is 2.53 bits per heavy atom. The number of carbonyl (C=O) groups excluding carboxylic acids is 1. The number of esters is 1. The van der Waals surface area contributed by atoms with Crippen LogP contribution in [0.2, 0.25) is 15.1 Å². The van der Waals surface area contributed by atoms with Crippen LogP contribution in [0.25, 0.3) is 0 Å². The lowest BCUT2D eigenvalue weighted by Gasteiger charge is -2.13. The molecule has 0 radical (unpaired) electrons. The monoisotopic (exact) mass is 324 g/mol. The van der Waals surface area contributed by atoms with Crippen LogP contribution in [0.3, 0.4) is 0 Å². The van der Waals surface area contributed by atoms with E-state index in [1.165, 1.54) is 12.1 Å². The van der Waals surface area contributed by atoms with E-state index in [1.807, 2.05) is 0 Å². The SMILES string of the molecule is C=CC(=O)OCC(O)COc1cc(Cl)c(Cl)cc1Cl. The summed E-state index contributed by atoms with van der Waals surface area (Å²) >= 11 is 17.5. The molecule has 0 amide bonds. The maximum Gasteiger partial charge on any atom is 0.330 e. The van der Waals surface area contributed by atoms with Gasteiger partial charge in [0.2, 0.25) is 0 Å². The minimum Gasteiger partial charge on any atom is -0.489 e. The number of halogens is 3. The van der Waals surface area contributed by atoms with Crippen molar-refractivity contribution in [3.05, 3.63) is 39.9 Å². The van der Waals surface area contributed by atoms with Crippen LogP contribution in [0.15, 0.2) is 24.8 Å². The molecule has 1 unspecified atom stereocenters. The van der Waals surface area contributed by atoms with Gasteiger partial charge in [-0.3, -0.25) is 0 Å². The maximum atomic E-state index is 10.8. The Bertz CT molecular complexity index is 476. The molecule has 0 spiro atoms. The van der Waals surface area contributed by atoms with Crippen molar-refractivity contribution in [3.63, 3.8) is 0 Å². The van der Waals surface area contributed by atoms with Gasteiger partial charge in [-0.1, -0.05) is 41.4 Å². The van der Waals surface area contributed by atoms with E-state index in [0.29, 0.717) is 5.02 Å². The zero-order valence-electron chi connectivity index (χ0n) is 9.74. The molecule has 0 heterocycles. The third-order valence-corrected chi connectivity index (χ3v) is 3.01. The molecular formula is C12H11Cl3O4. The summed E-state index contributed by atoms with van der Waals surface area (Å²) in [5.74, 6) is -0.336. The molecule has 104 valence electrons. The quantitative estimate of drug-likeness (QED) is 0.496. The van der Waals surface area contributed by atoms with Gasteiger partial charge in [0.25, 0.3) is 0 Å². The first-order valence-corrected chi connectivity index (χ1v) is 6.32. The molecule has 0 bridgehead atoms. The van der Waals surface area contributed by atoms with E-state index in [1.54, 1.807) is 0 Å². The number of rotatable bonds is 6. The Morgan fingerprint density at radius 1 is 1.26 bits per heavy atom. The highest BCUT2D eigenvalue weighted by Crippen LogP contribution is 2.33. The largest absolute Gasteiger partial charge is 0.489 e. The predicted molar refractivity (Wildman–Crippen MR) is 74.1 cm³/mol. The van der Waals surface area contributed by atoms with Gasteiger partial charge in [0.05, 0.1) is 15.1 Å². The van der Waals surface area contributed by atoms with Crippen LogP contribution in [-0.2, 0) is 9.53 Å². The van der Waals surface area contributed by atoms with Gasteiger partial charge in [-0.25, -0.2) is 4.79 Å². The number of hydrogen-bond donors (Lipinski definition) is 1.